The molecule has 30 heavy (non-hydrogen) atoms. The zero-order chi connectivity index (χ0) is 20.9. The topological polar surface area (TPSA) is 87.0 Å². The summed E-state index contributed by atoms with van der Waals surface area (Å²) in [4.78, 5) is 10.2. The molecule has 150 valence electrons. The molecule has 0 unspecified atom stereocenters. The van der Waals surface area contributed by atoms with Gasteiger partial charge < -0.3 is 4.42 Å². The first-order valence-electron chi connectivity index (χ1n) is 8.91. The molecule has 0 amide bonds. The minimum Gasteiger partial charge on any atom is -0.401 e. The molecule has 9 heteroatoms. The second kappa shape index (κ2) is 8.98. The minimum absolute atomic E-state index is 0.298. The van der Waals surface area contributed by atoms with Gasteiger partial charge in [0.1, 0.15) is 10.7 Å². The van der Waals surface area contributed by atoms with Gasteiger partial charge in [-0.2, -0.15) is 0 Å². The van der Waals surface area contributed by atoms with Gasteiger partial charge in [-0.15, -0.1) is 10.2 Å². The van der Waals surface area contributed by atoms with Gasteiger partial charge >= 0.3 is 5.88 Å². The van der Waals surface area contributed by atoms with Crippen molar-refractivity contribution in [2.24, 2.45) is 0 Å². The molecule has 0 aliphatic heterocycles. The van der Waals surface area contributed by atoms with Crippen LogP contribution in [0.4, 0.5) is 5.88 Å². The fourth-order valence-electron chi connectivity index (χ4n) is 2.82. The Balaban J connectivity index is 1.64. The van der Waals surface area contributed by atoms with Crippen molar-refractivity contribution in [1.82, 2.24) is 14.8 Å². The maximum Gasteiger partial charge on any atom is 0.433 e. The summed E-state index contributed by atoms with van der Waals surface area (Å²) in [6.07, 6.45) is 1.65. The van der Waals surface area contributed by atoms with Gasteiger partial charge in [-0.05, 0) is 35.2 Å². The van der Waals surface area contributed by atoms with Crippen LogP contribution in [0, 0.1) is 10.1 Å². The molecule has 4 rings (SSSR count). The largest absolute Gasteiger partial charge is 0.433 e. The molecule has 0 N–H and O–H groups in total. The number of thioether (sulfide) groups is 1. The first-order chi connectivity index (χ1) is 14.6. The van der Waals surface area contributed by atoms with E-state index in [2.05, 4.69) is 10.2 Å². The fourth-order valence-corrected chi connectivity index (χ4v) is 3.73. The lowest BCUT2D eigenvalue weighted by Crippen LogP contribution is -2.04. The molecule has 7 nitrogen and oxygen atoms in total. The number of benzene rings is 2. The van der Waals surface area contributed by atoms with Gasteiger partial charge in [0.15, 0.2) is 11.0 Å². The van der Waals surface area contributed by atoms with Crippen molar-refractivity contribution in [1.29, 1.82) is 0 Å². The van der Waals surface area contributed by atoms with Crippen LogP contribution < -0.4 is 0 Å². The summed E-state index contributed by atoms with van der Waals surface area (Å²) in [5.74, 6) is 0.747. The maximum atomic E-state index is 10.7. The molecule has 0 fully saturated rings. The summed E-state index contributed by atoms with van der Waals surface area (Å²) in [6.45, 7) is 0.566. The van der Waals surface area contributed by atoms with Crippen LogP contribution in [0.2, 0.25) is 5.02 Å². The molecule has 0 bridgehead atoms. The average molecular weight is 439 g/mol. The zero-order valence-corrected chi connectivity index (χ0v) is 17.1. The van der Waals surface area contributed by atoms with Crippen LogP contribution >= 0.6 is 23.4 Å². The van der Waals surface area contributed by atoms with Gasteiger partial charge in [0.2, 0.25) is 0 Å². The summed E-state index contributed by atoms with van der Waals surface area (Å²) < 4.78 is 7.12. The van der Waals surface area contributed by atoms with Gasteiger partial charge in [-0.3, -0.25) is 14.7 Å². The van der Waals surface area contributed by atoms with E-state index in [1.807, 2.05) is 59.2 Å². The molecule has 2 aromatic heterocycles. The Morgan fingerprint density at radius 1 is 1.07 bits per heavy atom. The normalized spacial score (nSPS) is 11.2. The van der Waals surface area contributed by atoms with Crippen molar-refractivity contribution in [3.63, 3.8) is 0 Å². The molecule has 0 aliphatic rings. The molecule has 2 heterocycles. The molecule has 4 aromatic rings. The van der Waals surface area contributed by atoms with Crippen LogP contribution in [-0.4, -0.2) is 19.7 Å². The Labute approximate surface area is 181 Å². The number of halogens is 1. The summed E-state index contributed by atoms with van der Waals surface area (Å²) >= 11 is 7.72. The van der Waals surface area contributed by atoms with Crippen molar-refractivity contribution in [3.05, 3.63) is 98.6 Å². The number of hydrogen-bond acceptors (Lipinski definition) is 6. The number of rotatable bonds is 7. The standard InChI is InChI=1S/C21H15ClN4O3S/c22-18-9-5-4-8-17(18)20-23-24-21(25(20)14-15-6-2-1-3-7-15)30-13-12-16-10-11-19(29-16)26(27)28/h1-13H,14H2/b13-12+. The predicted octanol–water partition coefficient (Wildman–Crippen LogP) is 5.91. The first kappa shape index (κ1) is 19.9. The van der Waals surface area contributed by atoms with E-state index in [4.69, 9.17) is 16.0 Å². The Bertz CT molecular complexity index is 1200. The summed E-state index contributed by atoms with van der Waals surface area (Å²) in [7, 11) is 0. The summed E-state index contributed by atoms with van der Waals surface area (Å²) in [5.41, 5.74) is 1.89. The van der Waals surface area contributed by atoms with Crippen molar-refractivity contribution >= 4 is 35.3 Å². The summed E-state index contributed by atoms with van der Waals surface area (Å²) in [5, 5.41) is 22.4. The molecule has 0 saturated heterocycles. The van der Waals surface area contributed by atoms with Crippen LogP contribution in [-0.2, 0) is 6.54 Å². The van der Waals surface area contributed by atoms with Crippen LogP contribution in [0.1, 0.15) is 11.3 Å². The van der Waals surface area contributed by atoms with Crippen LogP contribution in [0.25, 0.3) is 17.5 Å². The fraction of sp³-hybridized carbons (Fsp3) is 0.0476. The molecular formula is C21H15ClN4O3S. The van der Waals surface area contributed by atoms with Crippen molar-refractivity contribution < 1.29 is 9.34 Å². The Kier molecular flexibility index (Phi) is 5.97. The van der Waals surface area contributed by atoms with Crippen molar-refractivity contribution in [3.8, 4) is 11.4 Å². The van der Waals surface area contributed by atoms with Crippen molar-refractivity contribution in [2.45, 2.75) is 11.7 Å². The molecule has 0 spiro atoms. The van der Waals surface area contributed by atoms with E-state index in [-0.39, 0.29) is 5.88 Å². The van der Waals surface area contributed by atoms with E-state index >= 15 is 0 Å². The van der Waals surface area contributed by atoms with E-state index in [9.17, 15) is 10.1 Å². The Hall–Kier alpha value is -3.36. The van der Waals surface area contributed by atoms with E-state index in [0.29, 0.717) is 28.3 Å². The lowest BCUT2D eigenvalue weighted by molar-refractivity contribution is -0.402. The Morgan fingerprint density at radius 3 is 2.57 bits per heavy atom. The lowest BCUT2D eigenvalue weighted by Gasteiger charge is -2.10. The van der Waals surface area contributed by atoms with Gasteiger partial charge in [0.05, 0.1) is 17.6 Å². The van der Waals surface area contributed by atoms with E-state index in [1.54, 1.807) is 17.6 Å². The molecule has 0 radical (unpaired) electrons. The number of furan rings is 1. The maximum absolute atomic E-state index is 10.7. The number of hydrogen-bond donors (Lipinski definition) is 0. The van der Waals surface area contributed by atoms with E-state index < -0.39 is 4.92 Å². The SMILES string of the molecule is O=[N+]([O-])c1ccc(/C=C/Sc2nnc(-c3ccccc3Cl)n2Cc2ccccc2)o1. The zero-order valence-electron chi connectivity index (χ0n) is 15.5. The molecule has 0 saturated carbocycles. The van der Waals surface area contributed by atoms with Crippen molar-refractivity contribution in [2.75, 3.05) is 0 Å². The highest BCUT2D eigenvalue weighted by atomic mass is 35.5. The van der Waals surface area contributed by atoms with E-state index in [1.165, 1.54) is 17.8 Å². The van der Waals surface area contributed by atoms with Crippen LogP contribution in [0.15, 0.2) is 81.7 Å². The van der Waals surface area contributed by atoms with Crippen LogP contribution in [0.3, 0.4) is 0 Å². The third-order valence-electron chi connectivity index (χ3n) is 4.21. The average Bonchev–Trinajstić information content (AvgIpc) is 3.37. The van der Waals surface area contributed by atoms with Gasteiger partial charge in [-0.25, -0.2) is 0 Å². The monoisotopic (exact) mass is 438 g/mol. The number of nitrogens with zero attached hydrogens (tertiary/aromatic N) is 4. The quantitative estimate of drug-likeness (QED) is 0.202. The highest BCUT2D eigenvalue weighted by Gasteiger charge is 2.16. The smallest absolute Gasteiger partial charge is 0.401 e. The summed E-state index contributed by atoms with van der Waals surface area (Å²) in [6, 6.07) is 20.3. The second-order valence-corrected chi connectivity index (χ2v) is 7.49. The first-order valence-corrected chi connectivity index (χ1v) is 10.2. The number of nitro groups is 1. The van der Waals surface area contributed by atoms with Gasteiger partial charge in [-0.1, -0.05) is 65.8 Å². The lowest BCUT2D eigenvalue weighted by atomic mass is 10.2. The predicted molar refractivity (Wildman–Crippen MR) is 116 cm³/mol. The number of aromatic nitrogens is 3. The highest BCUT2D eigenvalue weighted by Crippen LogP contribution is 2.30. The second-order valence-electron chi connectivity index (χ2n) is 6.21. The van der Waals surface area contributed by atoms with E-state index in [0.717, 1.165) is 11.1 Å². The minimum atomic E-state index is -0.573. The molecular weight excluding hydrogens is 424 g/mol. The Morgan fingerprint density at radius 2 is 1.83 bits per heavy atom. The third kappa shape index (κ3) is 4.45. The molecule has 0 aliphatic carbocycles. The molecule has 2 aromatic carbocycles. The highest BCUT2D eigenvalue weighted by molar-refractivity contribution is 8.02. The molecule has 0 atom stereocenters. The van der Waals surface area contributed by atoms with Gasteiger partial charge in [0.25, 0.3) is 0 Å². The van der Waals surface area contributed by atoms with Gasteiger partial charge in [0, 0.05) is 5.56 Å². The third-order valence-corrected chi connectivity index (χ3v) is 5.33. The van der Waals surface area contributed by atoms with Crippen LogP contribution in [0.5, 0.6) is 0 Å².